The van der Waals surface area contributed by atoms with E-state index in [1.165, 1.54) is 5.56 Å². The van der Waals surface area contributed by atoms with Crippen LogP contribution in [-0.2, 0) is 16.0 Å². The minimum absolute atomic E-state index is 0.0464. The summed E-state index contributed by atoms with van der Waals surface area (Å²) in [6.45, 7) is 4.08. The molecule has 0 aliphatic heterocycles. The lowest BCUT2D eigenvalue weighted by Gasteiger charge is -2.09. The third kappa shape index (κ3) is 6.38. The fourth-order valence-electron chi connectivity index (χ4n) is 2.79. The summed E-state index contributed by atoms with van der Waals surface area (Å²) in [6.07, 6.45) is 1.28. The highest BCUT2D eigenvalue weighted by Gasteiger charge is 2.06. The van der Waals surface area contributed by atoms with Gasteiger partial charge in [0.1, 0.15) is 18.1 Å². The molecule has 0 aliphatic rings. The van der Waals surface area contributed by atoms with Crippen LogP contribution in [0.5, 0.6) is 11.5 Å². The Bertz CT molecular complexity index is 1020. The maximum atomic E-state index is 11.8. The van der Waals surface area contributed by atoms with E-state index in [2.05, 4.69) is 24.0 Å². The van der Waals surface area contributed by atoms with Gasteiger partial charge in [-0.25, -0.2) is 9.59 Å². The van der Waals surface area contributed by atoms with Gasteiger partial charge in [-0.05, 0) is 40.6 Å². The van der Waals surface area contributed by atoms with Crippen molar-refractivity contribution in [2.45, 2.75) is 6.42 Å². The molecule has 0 atom stereocenters. The van der Waals surface area contributed by atoms with E-state index in [0.29, 0.717) is 12.4 Å². The molecule has 6 nitrogen and oxygen atoms in total. The largest absolute Gasteiger partial charge is 0.493 e. The van der Waals surface area contributed by atoms with E-state index in [0.717, 1.165) is 29.0 Å². The summed E-state index contributed by atoms with van der Waals surface area (Å²) < 4.78 is 15.9. The first-order valence-electron chi connectivity index (χ1n) is 9.59. The van der Waals surface area contributed by atoms with Crippen LogP contribution in [0.25, 0.3) is 10.8 Å². The third-order valence-corrected chi connectivity index (χ3v) is 4.28. The zero-order chi connectivity index (χ0) is 21.2. The second-order valence-electron chi connectivity index (χ2n) is 6.44. The molecule has 0 aromatic heterocycles. The predicted octanol–water partition coefficient (Wildman–Crippen LogP) is 4.28. The molecule has 30 heavy (non-hydrogen) atoms. The van der Waals surface area contributed by atoms with Gasteiger partial charge in [-0.1, -0.05) is 49.0 Å². The summed E-state index contributed by atoms with van der Waals surface area (Å²) in [5.74, 6) is 0.669. The minimum atomic E-state index is -0.620. The van der Waals surface area contributed by atoms with Crippen LogP contribution in [0.3, 0.4) is 0 Å². The molecule has 6 heteroatoms. The lowest BCUT2D eigenvalue weighted by Crippen LogP contribution is -2.30. The van der Waals surface area contributed by atoms with Gasteiger partial charge in [0.05, 0.1) is 13.2 Å². The number of rotatable bonds is 9. The Balaban J connectivity index is 1.50. The summed E-state index contributed by atoms with van der Waals surface area (Å²) in [6, 6.07) is 21.3. The molecule has 0 radical (unpaired) electrons. The van der Waals surface area contributed by atoms with Gasteiger partial charge in [-0.15, -0.1) is 0 Å². The molecule has 0 saturated heterocycles. The Hall–Kier alpha value is -3.80. The van der Waals surface area contributed by atoms with Crippen LogP contribution in [-0.4, -0.2) is 31.8 Å². The van der Waals surface area contributed by atoms with Crippen LogP contribution in [0.2, 0.25) is 0 Å². The van der Waals surface area contributed by atoms with Gasteiger partial charge in [0.25, 0.3) is 0 Å². The predicted molar refractivity (Wildman–Crippen MR) is 115 cm³/mol. The first kappa shape index (κ1) is 20.9. The normalized spacial score (nSPS) is 10.3. The van der Waals surface area contributed by atoms with Crippen molar-refractivity contribution in [1.29, 1.82) is 0 Å². The van der Waals surface area contributed by atoms with Crippen molar-refractivity contribution in [3.8, 4) is 11.5 Å². The SMILES string of the molecule is C=CC(=O)OCCNC(=O)Oc1ccc2cc(OCCc3ccccc3)ccc2c1. The Morgan fingerprint density at radius 3 is 2.33 bits per heavy atom. The Kier molecular flexibility index (Phi) is 7.44. The molecule has 3 aromatic carbocycles. The molecule has 0 heterocycles. The van der Waals surface area contributed by atoms with E-state index in [1.807, 2.05) is 42.5 Å². The second kappa shape index (κ2) is 10.7. The molecular weight excluding hydrogens is 382 g/mol. The molecule has 154 valence electrons. The number of hydrogen-bond donors (Lipinski definition) is 1. The van der Waals surface area contributed by atoms with Gasteiger partial charge in [0.2, 0.25) is 0 Å². The van der Waals surface area contributed by atoms with Gasteiger partial charge < -0.3 is 19.5 Å². The smallest absolute Gasteiger partial charge is 0.412 e. The molecule has 1 N–H and O–H groups in total. The maximum Gasteiger partial charge on any atom is 0.412 e. The number of fused-ring (bicyclic) bond motifs is 1. The van der Waals surface area contributed by atoms with Gasteiger partial charge in [-0.3, -0.25) is 0 Å². The summed E-state index contributed by atoms with van der Waals surface area (Å²) in [4.78, 5) is 22.8. The van der Waals surface area contributed by atoms with Crippen LogP contribution in [0.1, 0.15) is 5.56 Å². The Morgan fingerprint density at radius 2 is 1.60 bits per heavy atom. The van der Waals surface area contributed by atoms with Crippen LogP contribution >= 0.6 is 0 Å². The Labute approximate surface area is 175 Å². The lowest BCUT2D eigenvalue weighted by molar-refractivity contribution is -0.137. The monoisotopic (exact) mass is 405 g/mol. The van der Waals surface area contributed by atoms with Crippen molar-refractivity contribution in [1.82, 2.24) is 5.32 Å². The molecular formula is C24H23NO5. The fraction of sp³-hybridized carbons (Fsp3) is 0.167. The van der Waals surface area contributed by atoms with E-state index >= 15 is 0 Å². The van der Waals surface area contributed by atoms with E-state index in [4.69, 9.17) is 14.2 Å². The van der Waals surface area contributed by atoms with E-state index < -0.39 is 12.1 Å². The zero-order valence-electron chi connectivity index (χ0n) is 16.5. The van der Waals surface area contributed by atoms with Gasteiger partial charge in [-0.2, -0.15) is 0 Å². The third-order valence-electron chi connectivity index (χ3n) is 4.28. The summed E-state index contributed by atoms with van der Waals surface area (Å²) in [7, 11) is 0. The highest BCUT2D eigenvalue weighted by molar-refractivity contribution is 5.86. The number of hydrogen-bond acceptors (Lipinski definition) is 5. The molecule has 0 saturated carbocycles. The number of benzene rings is 3. The first-order valence-corrected chi connectivity index (χ1v) is 9.59. The van der Waals surface area contributed by atoms with Crippen molar-refractivity contribution in [2.24, 2.45) is 0 Å². The fourth-order valence-corrected chi connectivity index (χ4v) is 2.79. The van der Waals surface area contributed by atoms with Crippen molar-refractivity contribution in [2.75, 3.05) is 19.8 Å². The minimum Gasteiger partial charge on any atom is -0.493 e. The lowest BCUT2D eigenvalue weighted by atomic mass is 10.1. The average Bonchev–Trinajstić information content (AvgIpc) is 2.77. The molecule has 0 unspecified atom stereocenters. The molecule has 0 bridgehead atoms. The second-order valence-corrected chi connectivity index (χ2v) is 6.44. The van der Waals surface area contributed by atoms with Crippen LogP contribution in [0.15, 0.2) is 79.4 Å². The standard InChI is InChI=1S/C24H23NO5/c1-2-23(26)29-15-13-25-24(27)30-22-11-9-19-16-21(10-8-20(19)17-22)28-14-12-18-6-4-3-5-7-18/h2-11,16-17H,1,12-15H2,(H,25,27). The van der Waals surface area contributed by atoms with Crippen LogP contribution < -0.4 is 14.8 Å². The number of carbonyl (C=O) groups is 2. The summed E-state index contributed by atoms with van der Waals surface area (Å²) in [5, 5.41) is 4.42. The maximum absolute atomic E-state index is 11.8. The van der Waals surface area contributed by atoms with Gasteiger partial charge in [0.15, 0.2) is 0 Å². The topological polar surface area (TPSA) is 73.9 Å². The molecule has 0 aliphatic carbocycles. The van der Waals surface area contributed by atoms with Gasteiger partial charge in [0, 0.05) is 12.5 Å². The number of carbonyl (C=O) groups excluding carboxylic acids is 2. The van der Waals surface area contributed by atoms with Crippen LogP contribution in [0.4, 0.5) is 4.79 Å². The molecule has 3 rings (SSSR count). The first-order chi connectivity index (χ1) is 14.6. The van der Waals surface area contributed by atoms with Crippen molar-refractivity contribution in [3.63, 3.8) is 0 Å². The molecule has 0 spiro atoms. The average molecular weight is 405 g/mol. The van der Waals surface area contributed by atoms with E-state index in [9.17, 15) is 9.59 Å². The number of esters is 1. The van der Waals surface area contributed by atoms with E-state index in [1.54, 1.807) is 12.1 Å². The molecule has 0 fully saturated rings. The quantitative estimate of drug-likeness (QED) is 0.327. The zero-order valence-corrected chi connectivity index (χ0v) is 16.5. The van der Waals surface area contributed by atoms with Crippen molar-refractivity contribution < 1.29 is 23.8 Å². The summed E-state index contributed by atoms with van der Waals surface area (Å²) in [5.41, 5.74) is 1.23. The van der Waals surface area contributed by atoms with Crippen molar-refractivity contribution in [3.05, 3.63) is 84.9 Å². The highest BCUT2D eigenvalue weighted by Crippen LogP contribution is 2.25. The molecule has 1 amide bonds. The van der Waals surface area contributed by atoms with Crippen molar-refractivity contribution >= 4 is 22.8 Å². The number of ether oxygens (including phenoxy) is 3. The number of amides is 1. The Morgan fingerprint density at radius 1 is 0.900 bits per heavy atom. The van der Waals surface area contributed by atoms with Crippen LogP contribution in [0, 0.1) is 0 Å². The molecule has 3 aromatic rings. The van der Waals surface area contributed by atoms with E-state index in [-0.39, 0.29) is 13.2 Å². The number of nitrogens with one attached hydrogen (secondary N) is 1. The van der Waals surface area contributed by atoms with Gasteiger partial charge >= 0.3 is 12.1 Å². The highest BCUT2D eigenvalue weighted by atomic mass is 16.6. The summed E-state index contributed by atoms with van der Waals surface area (Å²) >= 11 is 0.